The first-order valence-corrected chi connectivity index (χ1v) is 4.61. The molecule has 0 aromatic heterocycles. The number of ether oxygens (including phenoxy) is 1. The molecule has 0 aromatic carbocycles. The van der Waals surface area contributed by atoms with E-state index in [2.05, 4.69) is 11.4 Å². The van der Waals surface area contributed by atoms with Gasteiger partial charge >= 0.3 is 5.97 Å². The van der Waals surface area contributed by atoms with Gasteiger partial charge in [0.25, 0.3) is 0 Å². The summed E-state index contributed by atoms with van der Waals surface area (Å²) in [6, 6.07) is 2.07. The molecule has 1 aliphatic rings. The van der Waals surface area contributed by atoms with Crippen LogP contribution in [0.1, 0.15) is 19.8 Å². The number of rotatable bonds is 2. The van der Waals surface area contributed by atoms with Crippen molar-refractivity contribution in [3.05, 3.63) is 0 Å². The predicted octanol–water partition coefficient (Wildman–Crippen LogP) is 0.369. The molecule has 1 saturated heterocycles. The minimum Gasteiger partial charge on any atom is -0.481 e. The van der Waals surface area contributed by atoms with Crippen molar-refractivity contribution in [1.82, 2.24) is 5.32 Å². The molecule has 14 heavy (non-hydrogen) atoms. The fraction of sp³-hybridized carbons (Fsp3) is 0.778. The summed E-state index contributed by atoms with van der Waals surface area (Å²) < 4.78 is 5.23. The van der Waals surface area contributed by atoms with Gasteiger partial charge in [-0.25, -0.2) is 0 Å². The van der Waals surface area contributed by atoms with Crippen molar-refractivity contribution in [2.24, 2.45) is 0 Å². The first-order valence-electron chi connectivity index (χ1n) is 4.61. The van der Waals surface area contributed by atoms with E-state index in [0.29, 0.717) is 6.42 Å². The van der Waals surface area contributed by atoms with Gasteiger partial charge in [-0.05, 0) is 0 Å². The normalized spacial score (nSPS) is 20.1. The third-order valence-electron chi connectivity index (χ3n) is 1.63. The number of morpholine rings is 1. The van der Waals surface area contributed by atoms with Gasteiger partial charge in [0.2, 0.25) is 0 Å². The number of nitriles is 1. The number of hydrogen-bond acceptors (Lipinski definition) is 4. The van der Waals surface area contributed by atoms with Gasteiger partial charge in [-0.1, -0.05) is 6.92 Å². The zero-order valence-corrected chi connectivity index (χ0v) is 8.32. The summed E-state index contributed by atoms with van der Waals surface area (Å²) in [5.74, 6) is -0.745. The summed E-state index contributed by atoms with van der Waals surface area (Å²) in [5.41, 5.74) is 0. The third-order valence-corrected chi connectivity index (χ3v) is 1.63. The summed E-state index contributed by atoms with van der Waals surface area (Å²) >= 11 is 0. The molecule has 0 aliphatic carbocycles. The molecule has 1 heterocycles. The number of hydrogen-bond donors (Lipinski definition) is 2. The average molecular weight is 200 g/mol. The molecular formula is C9H16N2O3. The molecule has 1 atom stereocenters. The van der Waals surface area contributed by atoms with Gasteiger partial charge < -0.3 is 15.2 Å². The van der Waals surface area contributed by atoms with Crippen molar-refractivity contribution in [1.29, 1.82) is 5.26 Å². The van der Waals surface area contributed by atoms with E-state index in [0.717, 1.165) is 19.7 Å². The lowest BCUT2D eigenvalue weighted by Crippen LogP contribution is -2.38. The molecule has 0 aromatic rings. The topological polar surface area (TPSA) is 82.3 Å². The quantitative estimate of drug-likeness (QED) is 0.673. The van der Waals surface area contributed by atoms with Gasteiger partial charge in [0, 0.05) is 19.5 Å². The second-order valence-electron chi connectivity index (χ2n) is 2.81. The average Bonchev–Trinajstić information content (AvgIpc) is 2.21. The lowest BCUT2D eigenvalue weighted by Gasteiger charge is -2.20. The van der Waals surface area contributed by atoms with E-state index in [1.54, 1.807) is 6.92 Å². The van der Waals surface area contributed by atoms with Gasteiger partial charge in [0.15, 0.2) is 0 Å². The van der Waals surface area contributed by atoms with Crippen molar-refractivity contribution in [3.8, 4) is 6.07 Å². The summed E-state index contributed by atoms with van der Waals surface area (Å²) in [5, 5.41) is 19.1. The van der Waals surface area contributed by atoms with Gasteiger partial charge in [-0.15, -0.1) is 0 Å². The van der Waals surface area contributed by atoms with Crippen molar-refractivity contribution < 1.29 is 14.6 Å². The highest BCUT2D eigenvalue weighted by Gasteiger charge is 2.11. The Balaban J connectivity index is 0.000000292. The predicted molar refractivity (Wildman–Crippen MR) is 50.8 cm³/mol. The Bertz CT molecular complexity index is 195. The van der Waals surface area contributed by atoms with Gasteiger partial charge in [-0.3, -0.25) is 4.79 Å². The first kappa shape index (κ1) is 12.9. The molecular weight excluding hydrogens is 184 g/mol. The largest absolute Gasteiger partial charge is 0.481 e. The van der Waals surface area contributed by atoms with E-state index in [-0.39, 0.29) is 12.5 Å². The van der Waals surface area contributed by atoms with E-state index >= 15 is 0 Å². The molecule has 2 N–H and O–H groups in total. The van der Waals surface area contributed by atoms with Crippen LogP contribution in [0.3, 0.4) is 0 Å². The highest BCUT2D eigenvalue weighted by Crippen LogP contribution is 1.98. The Kier molecular flexibility index (Phi) is 7.80. The highest BCUT2D eigenvalue weighted by atomic mass is 16.5. The fourth-order valence-electron chi connectivity index (χ4n) is 0.853. The number of carboxylic acids is 1. The van der Waals surface area contributed by atoms with Gasteiger partial charge in [0.1, 0.15) is 0 Å². The third kappa shape index (κ3) is 7.53. The maximum atomic E-state index is 9.37. The molecule has 0 amide bonds. The smallest absolute Gasteiger partial charge is 0.303 e. The zero-order valence-electron chi connectivity index (χ0n) is 8.32. The van der Waals surface area contributed by atoms with Crippen molar-refractivity contribution in [2.45, 2.75) is 25.9 Å². The minimum absolute atomic E-state index is 0.128. The van der Waals surface area contributed by atoms with E-state index in [1.165, 1.54) is 0 Å². The Hall–Kier alpha value is -1.12. The molecule has 5 nitrogen and oxygen atoms in total. The van der Waals surface area contributed by atoms with Crippen LogP contribution in [0, 0.1) is 11.3 Å². The van der Waals surface area contributed by atoms with Crippen LogP contribution in [0.25, 0.3) is 0 Å². The lowest BCUT2D eigenvalue weighted by molar-refractivity contribution is -0.136. The molecule has 1 aliphatic heterocycles. The maximum absolute atomic E-state index is 9.37. The number of carboxylic acid groups (broad SMARTS) is 1. The first-order chi connectivity index (χ1) is 6.70. The van der Waals surface area contributed by atoms with Crippen LogP contribution in [0.15, 0.2) is 0 Å². The summed E-state index contributed by atoms with van der Waals surface area (Å²) in [7, 11) is 0. The van der Waals surface area contributed by atoms with Crippen LogP contribution in [-0.4, -0.2) is 36.9 Å². The lowest BCUT2D eigenvalue weighted by atomic mass is 10.2. The van der Waals surface area contributed by atoms with Crippen molar-refractivity contribution in [3.63, 3.8) is 0 Å². The number of nitrogens with one attached hydrogen (secondary N) is 1. The van der Waals surface area contributed by atoms with Crippen LogP contribution in [0.4, 0.5) is 0 Å². The Labute approximate surface area is 83.7 Å². The molecule has 0 radical (unpaired) electrons. The molecule has 1 rings (SSSR count). The van der Waals surface area contributed by atoms with Crippen LogP contribution in [0.2, 0.25) is 0 Å². The Morgan fingerprint density at radius 1 is 1.79 bits per heavy atom. The minimum atomic E-state index is -0.745. The van der Waals surface area contributed by atoms with E-state index in [4.69, 9.17) is 15.1 Å². The number of carbonyl (C=O) groups is 1. The molecule has 1 fully saturated rings. The number of aliphatic carboxylic acids is 1. The van der Waals surface area contributed by atoms with E-state index in [1.807, 2.05) is 0 Å². The molecule has 0 saturated carbocycles. The van der Waals surface area contributed by atoms with Gasteiger partial charge in [-0.2, -0.15) is 5.26 Å². The van der Waals surface area contributed by atoms with E-state index in [9.17, 15) is 4.79 Å². The summed E-state index contributed by atoms with van der Waals surface area (Å²) in [4.78, 5) is 9.37. The monoisotopic (exact) mass is 200 g/mol. The van der Waals surface area contributed by atoms with E-state index < -0.39 is 5.97 Å². The SMILES string of the molecule is CCC(=O)O.N#CCC1CNCCO1. The van der Waals surface area contributed by atoms with Crippen LogP contribution >= 0.6 is 0 Å². The summed E-state index contributed by atoms with van der Waals surface area (Å²) in [6.07, 6.45) is 0.858. The Morgan fingerprint density at radius 3 is 2.79 bits per heavy atom. The molecule has 0 bridgehead atoms. The van der Waals surface area contributed by atoms with Crippen LogP contribution in [-0.2, 0) is 9.53 Å². The molecule has 1 unspecified atom stereocenters. The summed E-state index contributed by atoms with van der Waals surface area (Å²) in [6.45, 7) is 4.09. The van der Waals surface area contributed by atoms with Crippen LogP contribution < -0.4 is 5.32 Å². The number of nitrogens with zero attached hydrogens (tertiary/aromatic N) is 1. The molecule has 80 valence electrons. The van der Waals surface area contributed by atoms with Crippen molar-refractivity contribution >= 4 is 5.97 Å². The highest BCUT2D eigenvalue weighted by molar-refractivity contribution is 5.66. The Morgan fingerprint density at radius 2 is 2.43 bits per heavy atom. The standard InChI is InChI=1S/C6H10N2O.C3H6O2/c7-2-1-6-5-8-3-4-9-6;1-2-3(4)5/h6,8H,1,3-5H2;2H2,1H3,(H,4,5). The molecule has 5 heteroatoms. The zero-order chi connectivity index (χ0) is 10.8. The van der Waals surface area contributed by atoms with Crippen molar-refractivity contribution in [2.75, 3.05) is 19.7 Å². The van der Waals surface area contributed by atoms with Gasteiger partial charge in [0.05, 0.1) is 25.2 Å². The molecule has 0 spiro atoms. The maximum Gasteiger partial charge on any atom is 0.303 e. The fourth-order valence-corrected chi connectivity index (χ4v) is 0.853. The second-order valence-corrected chi connectivity index (χ2v) is 2.81. The van der Waals surface area contributed by atoms with Crippen LogP contribution in [0.5, 0.6) is 0 Å². The second kappa shape index (κ2) is 8.48.